The van der Waals surface area contributed by atoms with Crippen LogP contribution in [0.1, 0.15) is 176 Å². The van der Waals surface area contributed by atoms with Crippen molar-refractivity contribution in [3.05, 3.63) is 0 Å². The Balaban J connectivity index is 3.40. The normalized spacial score (nSPS) is 13.1. The highest BCUT2D eigenvalue weighted by atomic mass is 16.5. The van der Waals surface area contributed by atoms with Gasteiger partial charge in [-0.25, -0.2) is 0 Å². The van der Waals surface area contributed by atoms with E-state index < -0.39 is 0 Å². The van der Waals surface area contributed by atoms with Crippen molar-refractivity contribution in [1.82, 2.24) is 0 Å². The molecule has 0 saturated carbocycles. The van der Waals surface area contributed by atoms with E-state index in [0.29, 0.717) is 25.6 Å². The molecule has 2 unspecified atom stereocenters. The minimum absolute atomic E-state index is 0.00463. The molecule has 0 N–H and O–H groups in total. The molecule has 0 heterocycles. The van der Waals surface area contributed by atoms with Gasteiger partial charge in [-0.2, -0.15) is 0 Å². The van der Waals surface area contributed by atoms with Crippen molar-refractivity contribution in [1.29, 1.82) is 0 Å². The summed E-state index contributed by atoms with van der Waals surface area (Å²) in [7, 11) is 0. The van der Waals surface area contributed by atoms with Crippen molar-refractivity contribution in [2.75, 3.05) is 13.2 Å². The number of hydrogen-bond donors (Lipinski definition) is 0. The zero-order valence-corrected chi connectivity index (χ0v) is 27.2. The topological polar surface area (TPSA) is 52.6 Å². The second kappa shape index (κ2) is 27.1. The van der Waals surface area contributed by atoms with Gasteiger partial charge in [-0.1, -0.05) is 131 Å². The second-order valence-corrected chi connectivity index (χ2v) is 13.1. The third-order valence-electron chi connectivity index (χ3n) is 8.12. The van der Waals surface area contributed by atoms with Crippen LogP contribution in [0.4, 0.5) is 0 Å². The highest BCUT2D eigenvalue weighted by Crippen LogP contribution is 2.21. The minimum Gasteiger partial charge on any atom is -0.466 e. The Hall–Kier alpha value is -1.06. The molecular formula is C35H68O4. The fourth-order valence-corrected chi connectivity index (χ4v) is 5.03. The van der Waals surface area contributed by atoms with E-state index in [2.05, 4.69) is 34.6 Å². The zero-order chi connectivity index (χ0) is 29.1. The summed E-state index contributed by atoms with van der Waals surface area (Å²) in [6.07, 6.45) is 25.0. The number of carbonyl (C=O) groups excluding carboxylic acids is 2. The van der Waals surface area contributed by atoms with E-state index in [-0.39, 0.29) is 17.9 Å². The van der Waals surface area contributed by atoms with Crippen LogP contribution in [0, 0.1) is 23.7 Å². The van der Waals surface area contributed by atoms with Crippen LogP contribution >= 0.6 is 0 Å². The van der Waals surface area contributed by atoms with Gasteiger partial charge in [-0.15, -0.1) is 0 Å². The summed E-state index contributed by atoms with van der Waals surface area (Å²) < 4.78 is 10.8. The van der Waals surface area contributed by atoms with Crippen LogP contribution in [0.5, 0.6) is 0 Å². The fraction of sp³-hybridized carbons (Fsp3) is 0.943. The van der Waals surface area contributed by atoms with Gasteiger partial charge < -0.3 is 9.47 Å². The van der Waals surface area contributed by atoms with Gasteiger partial charge in [-0.05, 0) is 56.3 Å². The van der Waals surface area contributed by atoms with Gasteiger partial charge in [-0.3, -0.25) is 9.59 Å². The van der Waals surface area contributed by atoms with E-state index in [1.807, 2.05) is 6.92 Å². The Bertz CT molecular complexity index is 557. The maximum atomic E-state index is 12.3. The van der Waals surface area contributed by atoms with Crippen molar-refractivity contribution < 1.29 is 19.1 Å². The predicted molar refractivity (Wildman–Crippen MR) is 167 cm³/mol. The van der Waals surface area contributed by atoms with Gasteiger partial charge in [0.05, 0.1) is 19.1 Å². The first kappa shape index (κ1) is 37.9. The lowest BCUT2D eigenvalue weighted by molar-refractivity contribution is -0.150. The van der Waals surface area contributed by atoms with Crippen molar-refractivity contribution >= 4 is 11.9 Å². The Morgan fingerprint density at radius 2 is 0.846 bits per heavy atom. The number of carbonyl (C=O) groups is 2. The highest BCUT2D eigenvalue weighted by molar-refractivity contribution is 5.72. The number of ether oxygens (including phenoxy) is 2. The molecule has 0 fully saturated rings. The maximum Gasteiger partial charge on any atom is 0.308 e. The number of rotatable bonds is 28. The number of esters is 2. The highest BCUT2D eigenvalue weighted by Gasteiger charge is 2.21. The van der Waals surface area contributed by atoms with E-state index in [4.69, 9.17) is 9.47 Å². The molecule has 4 nitrogen and oxygen atoms in total. The van der Waals surface area contributed by atoms with E-state index in [1.165, 1.54) is 83.5 Å². The summed E-state index contributed by atoms with van der Waals surface area (Å²) in [6, 6.07) is 0. The summed E-state index contributed by atoms with van der Waals surface area (Å²) in [4.78, 5) is 24.0. The van der Waals surface area contributed by atoms with E-state index in [9.17, 15) is 9.59 Å². The smallest absolute Gasteiger partial charge is 0.308 e. The Morgan fingerprint density at radius 1 is 0.462 bits per heavy atom. The predicted octanol–water partition coefficient (Wildman–Crippen LogP) is 10.8. The third kappa shape index (κ3) is 26.9. The molecule has 232 valence electrons. The summed E-state index contributed by atoms with van der Waals surface area (Å²) in [6.45, 7) is 14.4. The van der Waals surface area contributed by atoms with Gasteiger partial charge in [0, 0.05) is 6.42 Å². The molecule has 0 spiro atoms. The van der Waals surface area contributed by atoms with Crippen molar-refractivity contribution in [3.63, 3.8) is 0 Å². The van der Waals surface area contributed by atoms with E-state index in [0.717, 1.165) is 56.8 Å². The molecule has 0 radical (unpaired) electrons. The lowest BCUT2D eigenvalue weighted by atomic mass is 9.90. The SMILES string of the molecule is CC(C)CCCCOC(=O)CCCCCCCCCCCCCCCC(C)C(C)C(=O)OCCCCC(C)C. The van der Waals surface area contributed by atoms with E-state index >= 15 is 0 Å². The molecule has 0 saturated heterocycles. The summed E-state index contributed by atoms with van der Waals surface area (Å²) in [5.41, 5.74) is 0. The molecule has 2 atom stereocenters. The van der Waals surface area contributed by atoms with Crippen LogP contribution in [0.2, 0.25) is 0 Å². The van der Waals surface area contributed by atoms with Crippen molar-refractivity contribution in [3.8, 4) is 0 Å². The lowest BCUT2D eigenvalue weighted by Crippen LogP contribution is -2.22. The summed E-state index contributed by atoms with van der Waals surface area (Å²) >= 11 is 0. The van der Waals surface area contributed by atoms with Crippen LogP contribution in [0.25, 0.3) is 0 Å². The molecule has 0 aromatic heterocycles. The standard InChI is InChI=1S/C35H68O4/c1-30(2)24-20-22-28-38-34(36)27-19-17-15-13-11-9-7-8-10-12-14-16-18-26-32(5)33(6)35(37)39-29-23-21-25-31(3)4/h30-33H,7-29H2,1-6H3. The molecular weight excluding hydrogens is 484 g/mol. The van der Waals surface area contributed by atoms with Gasteiger partial charge in [0.2, 0.25) is 0 Å². The van der Waals surface area contributed by atoms with Crippen LogP contribution < -0.4 is 0 Å². The molecule has 0 aliphatic rings. The molecule has 4 heteroatoms. The largest absolute Gasteiger partial charge is 0.466 e. The quantitative estimate of drug-likeness (QED) is 0.0715. The van der Waals surface area contributed by atoms with Gasteiger partial charge in [0.25, 0.3) is 0 Å². The molecule has 0 bridgehead atoms. The second-order valence-electron chi connectivity index (χ2n) is 13.1. The van der Waals surface area contributed by atoms with Crippen LogP contribution in [0.3, 0.4) is 0 Å². The number of unbranched alkanes of at least 4 members (excludes halogenated alkanes) is 14. The molecule has 0 amide bonds. The number of hydrogen-bond acceptors (Lipinski definition) is 4. The first-order valence-corrected chi connectivity index (χ1v) is 17.1. The maximum absolute atomic E-state index is 12.3. The Kier molecular flexibility index (Phi) is 26.4. The summed E-state index contributed by atoms with van der Waals surface area (Å²) in [5, 5.41) is 0. The molecule has 0 aliphatic heterocycles. The minimum atomic E-state index is -0.00780. The average molecular weight is 553 g/mol. The average Bonchev–Trinajstić information content (AvgIpc) is 2.89. The van der Waals surface area contributed by atoms with Crippen molar-refractivity contribution in [2.45, 2.75) is 176 Å². The van der Waals surface area contributed by atoms with Gasteiger partial charge >= 0.3 is 11.9 Å². The first-order chi connectivity index (χ1) is 18.7. The molecule has 0 aliphatic carbocycles. The fourth-order valence-electron chi connectivity index (χ4n) is 5.03. The van der Waals surface area contributed by atoms with Gasteiger partial charge in [0.1, 0.15) is 0 Å². The van der Waals surface area contributed by atoms with Crippen LogP contribution in [-0.4, -0.2) is 25.2 Å². The van der Waals surface area contributed by atoms with E-state index in [1.54, 1.807) is 0 Å². The Morgan fingerprint density at radius 3 is 1.31 bits per heavy atom. The zero-order valence-electron chi connectivity index (χ0n) is 27.2. The summed E-state index contributed by atoms with van der Waals surface area (Å²) in [5.74, 6) is 1.87. The van der Waals surface area contributed by atoms with Gasteiger partial charge in [0.15, 0.2) is 0 Å². The molecule has 0 rings (SSSR count). The monoisotopic (exact) mass is 553 g/mol. The molecule has 0 aromatic rings. The molecule has 0 aromatic carbocycles. The van der Waals surface area contributed by atoms with Crippen LogP contribution in [-0.2, 0) is 19.1 Å². The van der Waals surface area contributed by atoms with Crippen molar-refractivity contribution in [2.24, 2.45) is 23.7 Å². The van der Waals surface area contributed by atoms with Crippen LogP contribution in [0.15, 0.2) is 0 Å². The lowest BCUT2D eigenvalue weighted by Gasteiger charge is -2.18. The Labute approximate surface area is 244 Å². The first-order valence-electron chi connectivity index (χ1n) is 17.1. The molecule has 39 heavy (non-hydrogen) atoms. The third-order valence-corrected chi connectivity index (χ3v) is 8.12.